The number of rotatable bonds is 4. The highest BCUT2D eigenvalue weighted by atomic mass is 16.5. The van der Waals surface area contributed by atoms with Crippen LogP contribution in [-0.2, 0) is 0 Å². The molecule has 3 N–H and O–H groups in total. The molecule has 1 saturated heterocycles. The second kappa shape index (κ2) is 7.25. The van der Waals surface area contributed by atoms with E-state index in [0.29, 0.717) is 11.3 Å². The number of nitrogens with two attached hydrogens (primary N) is 1. The quantitative estimate of drug-likeness (QED) is 0.844. The molecule has 3 rings (SSSR count). The monoisotopic (exact) mass is 325 g/mol. The smallest absolute Gasteiger partial charge is 0.255 e. The maximum absolute atomic E-state index is 12.5. The van der Waals surface area contributed by atoms with Crippen molar-refractivity contribution in [1.29, 1.82) is 0 Å². The molecule has 2 aromatic rings. The minimum Gasteiger partial charge on any atom is -0.497 e. The number of nitrogens with zero attached hydrogens (tertiary/aromatic N) is 1. The van der Waals surface area contributed by atoms with E-state index in [9.17, 15) is 4.79 Å². The van der Waals surface area contributed by atoms with Gasteiger partial charge in [-0.15, -0.1) is 0 Å². The topological polar surface area (TPSA) is 67.6 Å². The van der Waals surface area contributed by atoms with Crippen molar-refractivity contribution in [3.05, 3.63) is 48.0 Å². The van der Waals surface area contributed by atoms with Crippen LogP contribution in [-0.4, -0.2) is 26.1 Å². The molecule has 1 amide bonds. The van der Waals surface area contributed by atoms with Gasteiger partial charge in [-0.05, 0) is 61.7 Å². The number of anilines is 3. The first kappa shape index (κ1) is 16.2. The first-order valence-electron chi connectivity index (χ1n) is 8.27. The van der Waals surface area contributed by atoms with E-state index in [1.54, 1.807) is 31.4 Å². The van der Waals surface area contributed by atoms with Gasteiger partial charge in [0.2, 0.25) is 0 Å². The standard InChI is InChI=1S/C19H23N3O2/c1-24-16-8-5-14(6-9-16)19(23)21-17-13-15(20)7-10-18(17)22-11-3-2-4-12-22/h5-10,13H,2-4,11-12,20H2,1H3,(H,21,23). The maximum Gasteiger partial charge on any atom is 0.255 e. The minimum absolute atomic E-state index is 0.151. The van der Waals surface area contributed by atoms with Crippen LogP contribution in [0.25, 0.3) is 0 Å². The minimum atomic E-state index is -0.151. The van der Waals surface area contributed by atoms with E-state index >= 15 is 0 Å². The summed E-state index contributed by atoms with van der Waals surface area (Å²) in [6, 6.07) is 12.8. The molecule has 0 aromatic heterocycles. The lowest BCUT2D eigenvalue weighted by Crippen LogP contribution is -2.30. The number of nitrogen functional groups attached to an aromatic ring is 1. The molecule has 1 aliphatic heterocycles. The predicted molar refractivity (Wildman–Crippen MR) is 97.9 cm³/mol. The van der Waals surface area contributed by atoms with Crippen molar-refractivity contribution in [2.24, 2.45) is 0 Å². The Morgan fingerprint density at radius 1 is 1.08 bits per heavy atom. The number of hydrogen-bond acceptors (Lipinski definition) is 4. The molecule has 0 radical (unpaired) electrons. The first-order chi connectivity index (χ1) is 11.7. The van der Waals surface area contributed by atoms with Crippen molar-refractivity contribution < 1.29 is 9.53 Å². The number of hydrogen-bond donors (Lipinski definition) is 2. The van der Waals surface area contributed by atoms with Crippen LogP contribution >= 0.6 is 0 Å². The fraction of sp³-hybridized carbons (Fsp3) is 0.316. The maximum atomic E-state index is 12.5. The molecular weight excluding hydrogens is 302 g/mol. The van der Waals surface area contributed by atoms with Gasteiger partial charge in [-0.3, -0.25) is 4.79 Å². The van der Waals surface area contributed by atoms with Gasteiger partial charge in [0.05, 0.1) is 18.5 Å². The van der Waals surface area contributed by atoms with Crippen molar-refractivity contribution in [3.8, 4) is 5.75 Å². The summed E-state index contributed by atoms with van der Waals surface area (Å²) in [6.45, 7) is 2.02. The lowest BCUT2D eigenvalue weighted by atomic mass is 10.1. The van der Waals surface area contributed by atoms with Crippen molar-refractivity contribution in [2.45, 2.75) is 19.3 Å². The van der Waals surface area contributed by atoms with Crippen molar-refractivity contribution >= 4 is 23.0 Å². The number of carbonyl (C=O) groups is 1. The summed E-state index contributed by atoms with van der Waals surface area (Å²) < 4.78 is 5.13. The van der Waals surface area contributed by atoms with Gasteiger partial charge in [0.25, 0.3) is 5.91 Å². The Kier molecular flexibility index (Phi) is 4.89. The molecule has 2 aromatic carbocycles. The molecule has 0 saturated carbocycles. The molecule has 5 heteroatoms. The summed E-state index contributed by atoms with van der Waals surface area (Å²) >= 11 is 0. The fourth-order valence-electron chi connectivity index (χ4n) is 3.00. The molecule has 1 heterocycles. The number of benzene rings is 2. The molecule has 5 nitrogen and oxygen atoms in total. The number of ether oxygens (including phenoxy) is 1. The molecule has 0 atom stereocenters. The number of piperidine rings is 1. The van der Waals surface area contributed by atoms with Gasteiger partial charge >= 0.3 is 0 Å². The molecule has 0 bridgehead atoms. The summed E-state index contributed by atoms with van der Waals surface area (Å²) in [5.41, 5.74) is 8.94. The van der Waals surface area contributed by atoms with Crippen LogP contribution in [0.3, 0.4) is 0 Å². The Morgan fingerprint density at radius 3 is 2.46 bits per heavy atom. The largest absolute Gasteiger partial charge is 0.497 e. The van der Waals surface area contributed by atoms with Crippen LogP contribution in [0.4, 0.5) is 17.1 Å². The summed E-state index contributed by atoms with van der Waals surface area (Å²) in [5.74, 6) is 0.575. The van der Waals surface area contributed by atoms with Crippen LogP contribution in [0, 0.1) is 0 Å². The van der Waals surface area contributed by atoms with Gasteiger partial charge in [0, 0.05) is 24.3 Å². The van der Waals surface area contributed by atoms with E-state index < -0.39 is 0 Å². The zero-order chi connectivity index (χ0) is 16.9. The van der Waals surface area contributed by atoms with Gasteiger partial charge in [-0.2, -0.15) is 0 Å². The van der Waals surface area contributed by atoms with Crippen LogP contribution in [0.2, 0.25) is 0 Å². The predicted octanol–water partition coefficient (Wildman–Crippen LogP) is 3.52. The van der Waals surface area contributed by atoms with E-state index in [2.05, 4.69) is 10.2 Å². The summed E-state index contributed by atoms with van der Waals surface area (Å²) in [5, 5.41) is 3.00. The van der Waals surface area contributed by atoms with Gasteiger partial charge in [-0.1, -0.05) is 0 Å². The molecule has 0 unspecified atom stereocenters. The normalized spacial score (nSPS) is 14.3. The Hall–Kier alpha value is -2.69. The molecule has 0 aliphatic carbocycles. The van der Waals surface area contributed by atoms with Crippen molar-refractivity contribution in [2.75, 3.05) is 36.1 Å². The average Bonchev–Trinajstić information content (AvgIpc) is 2.62. The number of nitrogens with one attached hydrogen (secondary N) is 1. The number of amides is 1. The number of carbonyl (C=O) groups excluding carboxylic acids is 1. The second-order valence-corrected chi connectivity index (χ2v) is 6.01. The van der Waals surface area contributed by atoms with E-state index in [4.69, 9.17) is 10.5 Å². The zero-order valence-electron chi connectivity index (χ0n) is 13.9. The molecule has 1 aliphatic rings. The summed E-state index contributed by atoms with van der Waals surface area (Å²) in [4.78, 5) is 14.9. The summed E-state index contributed by atoms with van der Waals surface area (Å²) in [6.07, 6.45) is 3.62. The SMILES string of the molecule is COc1ccc(C(=O)Nc2cc(N)ccc2N2CCCCC2)cc1. The van der Waals surface area contributed by atoms with E-state index in [1.165, 1.54) is 19.3 Å². The van der Waals surface area contributed by atoms with E-state index in [-0.39, 0.29) is 5.91 Å². The van der Waals surface area contributed by atoms with Gasteiger partial charge in [0.1, 0.15) is 5.75 Å². The lowest BCUT2D eigenvalue weighted by molar-refractivity contribution is 0.102. The second-order valence-electron chi connectivity index (χ2n) is 6.01. The van der Waals surface area contributed by atoms with E-state index in [1.807, 2.05) is 18.2 Å². The molecule has 1 fully saturated rings. The fourth-order valence-corrected chi connectivity index (χ4v) is 3.00. The van der Waals surface area contributed by atoms with Crippen LogP contribution in [0.1, 0.15) is 29.6 Å². The van der Waals surface area contributed by atoms with Crippen molar-refractivity contribution in [1.82, 2.24) is 0 Å². The van der Waals surface area contributed by atoms with Gasteiger partial charge in [0.15, 0.2) is 0 Å². The third-order valence-corrected chi connectivity index (χ3v) is 4.32. The summed E-state index contributed by atoms with van der Waals surface area (Å²) in [7, 11) is 1.60. The molecule has 24 heavy (non-hydrogen) atoms. The third-order valence-electron chi connectivity index (χ3n) is 4.32. The van der Waals surface area contributed by atoms with Crippen LogP contribution in [0.15, 0.2) is 42.5 Å². The Bertz CT molecular complexity index is 707. The van der Waals surface area contributed by atoms with Crippen LogP contribution < -0.4 is 20.7 Å². The van der Waals surface area contributed by atoms with Crippen molar-refractivity contribution in [3.63, 3.8) is 0 Å². The highest BCUT2D eigenvalue weighted by Gasteiger charge is 2.16. The highest BCUT2D eigenvalue weighted by Crippen LogP contribution is 2.31. The average molecular weight is 325 g/mol. The molecule has 126 valence electrons. The Morgan fingerprint density at radius 2 is 1.79 bits per heavy atom. The highest BCUT2D eigenvalue weighted by molar-refractivity contribution is 6.06. The first-order valence-corrected chi connectivity index (χ1v) is 8.27. The Balaban J connectivity index is 1.82. The van der Waals surface area contributed by atoms with Gasteiger partial charge in [-0.25, -0.2) is 0 Å². The third kappa shape index (κ3) is 3.62. The molecule has 0 spiro atoms. The molecular formula is C19H23N3O2. The zero-order valence-corrected chi connectivity index (χ0v) is 13.9. The van der Waals surface area contributed by atoms with Crippen LogP contribution in [0.5, 0.6) is 5.75 Å². The Labute approximate surface area is 142 Å². The van der Waals surface area contributed by atoms with Gasteiger partial charge < -0.3 is 20.7 Å². The number of methoxy groups -OCH3 is 1. The van der Waals surface area contributed by atoms with E-state index in [0.717, 1.165) is 30.2 Å². The lowest BCUT2D eigenvalue weighted by Gasteiger charge is -2.30.